The van der Waals surface area contributed by atoms with Gasteiger partial charge in [-0.3, -0.25) is 29.0 Å². The Morgan fingerprint density at radius 1 is 0.568 bits per heavy atom. The third-order valence-electron chi connectivity index (χ3n) is 3.68. The molecule has 17 nitrogen and oxygen atoms in total. The number of carboxylic acids is 5. The Labute approximate surface area is 315 Å². The molecule has 0 saturated carbocycles. The molecule has 10 N–H and O–H groups in total. The Morgan fingerprint density at radius 3 is 1.03 bits per heavy atom. The minimum absolute atomic E-state index is 0. The van der Waals surface area contributed by atoms with E-state index in [2.05, 4.69) is 0 Å². The molecule has 0 radical (unpaired) electrons. The molecule has 0 spiro atoms. The summed E-state index contributed by atoms with van der Waals surface area (Å²) in [6.45, 7) is -3.09. The number of carbonyl (C=O) groups is 5. The Kier molecular flexibility index (Phi) is 40.4. The number of hydrogen-bond acceptors (Lipinski definition) is 12. The molecule has 204 valence electrons. The molecule has 0 bridgehead atoms. The van der Waals surface area contributed by atoms with E-state index in [1.54, 1.807) is 0 Å². The van der Waals surface area contributed by atoms with E-state index >= 15 is 0 Å². The first-order valence-corrected chi connectivity index (χ1v) is 9.00. The topological polar surface area (TPSA) is 294 Å². The van der Waals surface area contributed by atoms with Crippen molar-refractivity contribution < 1.29 is 75.0 Å². The molecule has 4 atom stereocenters. The molecule has 0 heterocycles. The van der Waals surface area contributed by atoms with Crippen molar-refractivity contribution in [3.8, 4) is 0 Å². The summed E-state index contributed by atoms with van der Waals surface area (Å²) in [7, 11) is 0. The summed E-state index contributed by atoms with van der Waals surface area (Å²) in [6.07, 6.45) is -7.84. The predicted octanol–water partition coefficient (Wildman–Crippen LogP) is -8.69. The molecule has 0 fully saturated rings. The second-order valence-corrected chi connectivity index (χ2v) is 6.51. The first-order chi connectivity index (χ1) is 15.1. The molecule has 37 heavy (non-hydrogen) atoms. The number of rotatable bonds is 16. The van der Waals surface area contributed by atoms with Gasteiger partial charge in [-0.25, -0.2) is 4.79 Å². The van der Waals surface area contributed by atoms with E-state index in [0.717, 1.165) is 9.80 Å². The van der Waals surface area contributed by atoms with Gasteiger partial charge in [-0.1, -0.05) is 0 Å². The van der Waals surface area contributed by atoms with Crippen LogP contribution in [0.15, 0.2) is 0 Å². The van der Waals surface area contributed by atoms with Crippen LogP contribution in [0.3, 0.4) is 0 Å². The fraction of sp³-hybridized carbons (Fsp3) is 0.688. The van der Waals surface area contributed by atoms with Crippen LogP contribution >= 0.6 is 0 Å². The van der Waals surface area contributed by atoms with E-state index in [1.807, 2.05) is 0 Å². The molecule has 0 aromatic rings. The van der Waals surface area contributed by atoms with Gasteiger partial charge in [0.15, 0.2) is 6.10 Å². The molecule has 0 amide bonds. The van der Waals surface area contributed by atoms with Crippen LogP contribution in [0.25, 0.3) is 0 Å². The van der Waals surface area contributed by atoms with Gasteiger partial charge >= 0.3 is 164 Å². The van der Waals surface area contributed by atoms with Crippen molar-refractivity contribution in [3.05, 3.63) is 0 Å². The maximum absolute atomic E-state index is 10.6. The van der Waals surface area contributed by atoms with Gasteiger partial charge in [-0.15, -0.1) is 0 Å². The molecule has 0 unspecified atom stereocenters. The van der Waals surface area contributed by atoms with Crippen LogP contribution < -0.4 is 0 Å². The standard InChI is InChI=1S/C10H16N2O8.C6H12O7.2Ca.2Na.6H/c13-7(14)3-11(4-8(15)16)1-2-12(5-9(17)18)6-10(19)20;7-1-2(8)3(9)4(10)5(11)6(12)13;;;;;;;;;;/h1-6H2,(H,13,14)(H,15,16)(H,17,18)(H,19,20);2-5,7-11H,1H2,(H,12,13);;;;;;;;;;/t;2-,3-,4+,5-;;;;;;;;;;/m.1........../s1. The number of nitrogens with zero attached hydrogens (tertiary/aromatic N) is 2. The summed E-state index contributed by atoms with van der Waals surface area (Å²) >= 11 is 0. The maximum atomic E-state index is 10.6. The van der Waals surface area contributed by atoms with Crippen molar-refractivity contribution >= 4 is 164 Å². The molecular formula is C16H34Ca2N2Na2O15. The van der Waals surface area contributed by atoms with Gasteiger partial charge in [0, 0.05) is 13.1 Å². The predicted molar refractivity (Wildman–Crippen MR) is 134 cm³/mol. The zero-order valence-corrected chi connectivity index (χ0v) is 17.2. The zero-order chi connectivity index (χ0) is 26.3. The van der Waals surface area contributed by atoms with Crippen LogP contribution in [0.1, 0.15) is 0 Å². The summed E-state index contributed by atoms with van der Waals surface area (Å²) in [4.78, 5) is 54.5. The van der Waals surface area contributed by atoms with Gasteiger partial charge in [0.25, 0.3) is 0 Å². The Morgan fingerprint density at radius 2 is 0.838 bits per heavy atom. The molecule has 0 aromatic heterocycles. The van der Waals surface area contributed by atoms with Crippen LogP contribution in [0, 0.1) is 0 Å². The van der Waals surface area contributed by atoms with Crippen LogP contribution in [0.4, 0.5) is 0 Å². The van der Waals surface area contributed by atoms with Gasteiger partial charge in [-0.2, -0.15) is 0 Å². The Bertz CT molecular complexity index is 612. The summed E-state index contributed by atoms with van der Waals surface area (Å²) < 4.78 is 0. The van der Waals surface area contributed by atoms with E-state index in [4.69, 9.17) is 51.1 Å². The fourth-order valence-electron chi connectivity index (χ4n) is 2.14. The van der Waals surface area contributed by atoms with Crippen LogP contribution in [0.2, 0.25) is 0 Å². The molecule has 0 aromatic carbocycles. The van der Waals surface area contributed by atoms with E-state index in [9.17, 15) is 24.0 Å². The van der Waals surface area contributed by atoms with Crippen molar-refractivity contribution in [2.24, 2.45) is 0 Å². The monoisotopic (exact) mass is 620 g/mol. The Balaban J connectivity index is -0.000000125. The number of hydrogen-bond donors (Lipinski definition) is 10. The van der Waals surface area contributed by atoms with Crippen LogP contribution in [-0.4, -0.2) is 296 Å². The van der Waals surface area contributed by atoms with Crippen molar-refractivity contribution in [2.45, 2.75) is 24.4 Å². The second-order valence-electron chi connectivity index (χ2n) is 6.51. The van der Waals surface area contributed by atoms with Gasteiger partial charge in [0.2, 0.25) is 0 Å². The van der Waals surface area contributed by atoms with E-state index in [1.165, 1.54) is 0 Å². The van der Waals surface area contributed by atoms with Crippen molar-refractivity contribution in [3.63, 3.8) is 0 Å². The quantitative estimate of drug-likeness (QED) is 0.0716. The SMILES string of the molecule is O=C(O)CN(CCN(CC(=O)O)CC(=O)O)CC(=O)O.O=C(O)[C@H](O)[C@@H](O)[C@H](O)[C@H](O)CO.[CaH2].[CaH2].[NaH].[NaH]. The van der Waals surface area contributed by atoms with Crippen molar-refractivity contribution in [1.29, 1.82) is 0 Å². The minimum atomic E-state index is -2.20. The molecule has 21 heteroatoms. The van der Waals surface area contributed by atoms with Gasteiger partial charge in [-0.05, 0) is 0 Å². The molecule has 0 rings (SSSR count). The summed E-state index contributed by atoms with van der Waals surface area (Å²) in [5.74, 6) is -6.64. The molecular weight excluding hydrogens is 586 g/mol. The summed E-state index contributed by atoms with van der Waals surface area (Å²) in [5.41, 5.74) is 0. The normalized spacial score (nSPS) is 12.9. The van der Waals surface area contributed by atoms with Crippen molar-refractivity contribution in [2.75, 3.05) is 45.9 Å². The number of carboxylic acid groups (broad SMARTS) is 5. The van der Waals surface area contributed by atoms with E-state index < -0.39 is 87.0 Å². The molecule has 0 aliphatic rings. The average molecular weight is 621 g/mol. The first-order valence-electron chi connectivity index (χ1n) is 9.00. The average Bonchev–Trinajstić information content (AvgIpc) is 2.68. The number of aliphatic carboxylic acids is 5. The van der Waals surface area contributed by atoms with Gasteiger partial charge in [0.05, 0.1) is 32.8 Å². The molecule has 0 aliphatic heterocycles. The second kappa shape index (κ2) is 29.1. The van der Waals surface area contributed by atoms with E-state index in [0.29, 0.717) is 0 Å². The zero-order valence-electron chi connectivity index (χ0n) is 17.2. The fourth-order valence-corrected chi connectivity index (χ4v) is 2.14. The van der Waals surface area contributed by atoms with E-state index in [-0.39, 0.29) is 148 Å². The van der Waals surface area contributed by atoms with Gasteiger partial charge < -0.3 is 51.1 Å². The summed E-state index contributed by atoms with van der Waals surface area (Å²) in [6, 6.07) is 0. The first kappa shape index (κ1) is 51.3. The van der Waals surface area contributed by atoms with Crippen LogP contribution in [-0.2, 0) is 24.0 Å². The van der Waals surface area contributed by atoms with Crippen molar-refractivity contribution in [1.82, 2.24) is 9.80 Å². The number of aliphatic hydroxyl groups excluding tert-OH is 5. The summed E-state index contributed by atoms with van der Waals surface area (Å²) in [5, 5.41) is 86.3. The molecule has 0 saturated heterocycles. The van der Waals surface area contributed by atoms with Crippen LogP contribution in [0.5, 0.6) is 0 Å². The third-order valence-corrected chi connectivity index (χ3v) is 3.68. The number of aliphatic hydroxyl groups is 5. The Hall–Kier alpha value is 1.59. The third kappa shape index (κ3) is 28.9. The van der Waals surface area contributed by atoms with Gasteiger partial charge in [0.1, 0.15) is 18.3 Å². The molecule has 0 aliphatic carbocycles.